The summed E-state index contributed by atoms with van der Waals surface area (Å²) in [5.41, 5.74) is -0.0663. The van der Waals surface area contributed by atoms with Crippen molar-refractivity contribution in [3.05, 3.63) is 0 Å². The van der Waals surface area contributed by atoms with E-state index in [4.69, 9.17) is 9.84 Å². The van der Waals surface area contributed by atoms with Gasteiger partial charge < -0.3 is 20.1 Å². The molecule has 0 aromatic rings. The second-order valence-corrected chi connectivity index (χ2v) is 5.44. The Morgan fingerprint density at radius 3 is 2.74 bits per heavy atom. The van der Waals surface area contributed by atoms with Gasteiger partial charge in [0.15, 0.2) is 0 Å². The second-order valence-electron chi connectivity index (χ2n) is 5.44. The molecule has 6 heteroatoms. The summed E-state index contributed by atoms with van der Waals surface area (Å²) in [5, 5.41) is 12.0. The third-order valence-corrected chi connectivity index (χ3v) is 4.26. The van der Waals surface area contributed by atoms with E-state index in [1.807, 2.05) is 0 Å². The van der Waals surface area contributed by atoms with Crippen LogP contribution in [0.2, 0.25) is 0 Å². The van der Waals surface area contributed by atoms with Crippen LogP contribution in [0.1, 0.15) is 39.0 Å². The van der Waals surface area contributed by atoms with E-state index in [1.165, 1.54) is 0 Å². The standard InChI is InChI=1S/C13H22N2O4/c1-2-13(4-3-5-13)14-12(18)15-6-7-19-9-10(15)8-11(16)17/h10H,2-9H2,1H3,(H,14,18)(H,16,17). The first-order valence-electron chi connectivity index (χ1n) is 6.95. The fraction of sp³-hybridized carbons (Fsp3) is 0.846. The minimum atomic E-state index is -0.901. The Morgan fingerprint density at radius 2 is 2.21 bits per heavy atom. The van der Waals surface area contributed by atoms with Crippen LogP contribution in [0, 0.1) is 0 Å². The van der Waals surface area contributed by atoms with Gasteiger partial charge in [-0.1, -0.05) is 6.92 Å². The van der Waals surface area contributed by atoms with Crippen molar-refractivity contribution in [2.24, 2.45) is 0 Å². The molecule has 1 aliphatic carbocycles. The number of carboxylic acid groups (broad SMARTS) is 1. The lowest BCUT2D eigenvalue weighted by Crippen LogP contribution is -2.60. The highest BCUT2D eigenvalue weighted by molar-refractivity contribution is 5.77. The van der Waals surface area contributed by atoms with E-state index < -0.39 is 5.97 Å². The van der Waals surface area contributed by atoms with Crippen LogP contribution in [0.3, 0.4) is 0 Å². The number of morpholine rings is 1. The van der Waals surface area contributed by atoms with Crippen LogP contribution in [0.5, 0.6) is 0 Å². The molecule has 19 heavy (non-hydrogen) atoms. The maximum absolute atomic E-state index is 12.3. The summed E-state index contributed by atoms with van der Waals surface area (Å²) in [6.07, 6.45) is 4.04. The third kappa shape index (κ3) is 3.18. The van der Waals surface area contributed by atoms with Crippen LogP contribution in [0.15, 0.2) is 0 Å². The molecule has 6 nitrogen and oxygen atoms in total. The Balaban J connectivity index is 1.96. The Bertz CT molecular complexity index is 349. The lowest BCUT2D eigenvalue weighted by Gasteiger charge is -2.44. The van der Waals surface area contributed by atoms with Crippen LogP contribution in [-0.4, -0.2) is 53.3 Å². The SMILES string of the molecule is CCC1(NC(=O)N2CCOCC2CC(=O)O)CCC1. The van der Waals surface area contributed by atoms with Crippen molar-refractivity contribution in [3.8, 4) is 0 Å². The van der Waals surface area contributed by atoms with Crippen molar-refractivity contribution >= 4 is 12.0 Å². The molecule has 1 saturated heterocycles. The van der Waals surface area contributed by atoms with Crippen molar-refractivity contribution in [1.29, 1.82) is 0 Å². The number of aliphatic carboxylic acids is 1. The number of nitrogens with one attached hydrogen (secondary N) is 1. The molecule has 0 radical (unpaired) electrons. The predicted octanol–water partition coefficient (Wildman–Crippen LogP) is 1.20. The first-order chi connectivity index (χ1) is 9.06. The number of carbonyl (C=O) groups excluding carboxylic acids is 1. The molecule has 2 amide bonds. The molecular weight excluding hydrogens is 248 g/mol. The summed E-state index contributed by atoms with van der Waals surface area (Å²) in [4.78, 5) is 24.8. The van der Waals surface area contributed by atoms with E-state index in [2.05, 4.69) is 12.2 Å². The largest absolute Gasteiger partial charge is 0.481 e. The van der Waals surface area contributed by atoms with Gasteiger partial charge in [-0.15, -0.1) is 0 Å². The van der Waals surface area contributed by atoms with E-state index >= 15 is 0 Å². The molecule has 0 aromatic carbocycles. The van der Waals surface area contributed by atoms with Gasteiger partial charge in [0.2, 0.25) is 0 Å². The fourth-order valence-corrected chi connectivity index (χ4v) is 2.76. The highest BCUT2D eigenvalue weighted by atomic mass is 16.5. The van der Waals surface area contributed by atoms with Crippen LogP contribution in [-0.2, 0) is 9.53 Å². The third-order valence-electron chi connectivity index (χ3n) is 4.26. The average Bonchev–Trinajstić information content (AvgIpc) is 2.33. The summed E-state index contributed by atoms with van der Waals surface area (Å²) in [6.45, 7) is 3.32. The highest BCUT2D eigenvalue weighted by Gasteiger charge is 2.39. The zero-order chi connectivity index (χ0) is 13.9. The van der Waals surface area contributed by atoms with E-state index in [0.717, 1.165) is 25.7 Å². The number of urea groups is 1. The molecule has 1 heterocycles. The van der Waals surface area contributed by atoms with Crippen LogP contribution in [0.4, 0.5) is 4.79 Å². The number of hydrogen-bond donors (Lipinski definition) is 2. The van der Waals surface area contributed by atoms with E-state index in [-0.39, 0.29) is 24.0 Å². The smallest absolute Gasteiger partial charge is 0.318 e. The summed E-state index contributed by atoms with van der Waals surface area (Å²) in [6, 6.07) is -0.503. The molecule has 0 spiro atoms. The quantitative estimate of drug-likeness (QED) is 0.804. The van der Waals surface area contributed by atoms with E-state index in [9.17, 15) is 9.59 Å². The van der Waals surface area contributed by atoms with E-state index in [0.29, 0.717) is 19.8 Å². The minimum absolute atomic E-state index is 0.0630. The maximum Gasteiger partial charge on any atom is 0.318 e. The number of nitrogens with zero attached hydrogens (tertiary/aromatic N) is 1. The molecule has 2 N–H and O–H groups in total. The monoisotopic (exact) mass is 270 g/mol. The second kappa shape index (κ2) is 5.77. The molecule has 1 saturated carbocycles. The zero-order valence-corrected chi connectivity index (χ0v) is 11.4. The van der Waals surface area contributed by atoms with Crippen molar-refractivity contribution in [2.45, 2.75) is 50.6 Å². The number of carboxylic acids is 1. The molecule has 108 valence electrons. The van der Waals surface area contributed by atoms with Crippen LogP contribution >= 0.6 is 0 Å². The van der Waals surface area contributed by atoms with Gasteiger partial charge in [0, 0.05) is 12.1 Å². The Morgan fingerprint density at radius 1 is 1.47 bits per heavy atom. The average molecular weight is 270 g/mol. The van der Waals surface area contributed by atoms with Gasteiger partial charge in [0.1, 0.15) is 0 Å². The molecular formula is C13H22N2O4. The Kier molecular flexibility index (Phi) is 4.29. The van der Waals surface area contributed by atoms with Crippen molar-refractivity contribution in [2.75, 3.05) is 19.8 Å². The van der Waals surface area contributed by atoms with Gasteiger partial charge in [-0.05, 0) is 25.7 Å². The first-order valence-corrected chi connectivity index (χ1v) is 6.95. The predicted molar refractivity (Wildman–Crippen MR) is 69.0 cm³/mol. The zero-order valence-electron chi connectivity index (χ0n) is 11.4. The van der Waals surface area contributed by atoms with Crippen molar-refractivity contribution in [1.82, 2.24) is 10.2 Å². The lowest BCUT2D eigenvalue weighted by molar-refractivity contribution is -0.139. The Labute approximate surface area is 113 Å². The van der Waals surface area contributed by atoms with E-state index in [1.54, 1.807) is 4.90 Å². The molecule has 0 aromatic heterocycles. The Hall–Kier alpha value is -1.30. The molecule has 2 rings (SSSR count). The molecule has 2 fully saturated rings. The van der Waals surface area contributed by atoms with Gasteiger partial charge in [-0.25, -0.2) is 4.79 Å². The lowest BCUT2D eigenvalue weighted by atomic mass is 9.75. The van der Waals surface area contributed by atoms with Gasteiger partial charge >= 0.3 is 12.0 Å². The number of carbonyl (C=O) groups is 2. The molecule has 1 aliphatic heterocycles. The topological polar surface area (TPSA) is 78.9 Å². The van der Waals surface area contributed by atoms with Crippen molar-refractivity contribution < 1.29 is 19.4 Å². The van der Waals surface area contributed by atoms with Gasteiger partial charge in [0.05, 0.1) is 25.7 Å². The number of amides is 2. The fourth-order valence-electron chi connectivity index (χ4n) is 2.76. The van der Waals surface area contributed by atoms with Gasteiger partial charge in [-0.2, -0.15) is 0 Å². The number of rotatable bonds is 4. The first kappa shape index (κ1) is 14.1. The van der Waals surface area contributed by atoms with Gasteiger partial charge in [-0.3, -0.25) is 4.79 Å². The number of ether oxygens (including phenoxy) is 1. The van der Waals surface area contributed by atoms with Crippen LogP contribution < -0.4 is 5.32 Å². The molecule has 1 atom stereocenters. The maximum atomic E-state index is 12.3. The van der Waals surface area contributed by atoms with Crippen molar-refractivity contribution in [3.63, 3.8) is 0 Å². The molecule has 1 unspecified atom stereocenters. The molecule has 2 aliphatic rings. The molecule has 0 bridgehead atoms. The summed E-state index contributed by atoms with van der Waals surface area (Å²) >= 11 is 0. The van der Waals surface area contributed by atoms with Crippen LogP contribution in [0.25, 0.3) is 0 Å². The summed E-state index contributed by atoms with van der Waals surface area (Å²) in [7, 11) is 0. The number of hydrogen-bond acceptors (Lipinski definition) is 3. The minimum Gasteiger partial charge on any atom is -0.481 e. The normalized spacial score (nSPS) is 25.5. The summed E-state index contributed by atoms with van der Waals surface area (Å²) in [5.74, 6) is -0.901. The highest BCUT2D eigenvalue weighted by Crippen LogP contribution is 2.34. The van der Waals surface area contributed by atoms with Gasteiger partial charge in [0.25, 0.3) is 0 Å². The summed E-state index contributed by atoms with van der Waals surface area (Å²) < 4.78 is 5.28.